The molecule has 0 saturated heterocycles. The number of rotatable bonds is 6. The van der Waals surface area contributed by atoms with Gasteiger partial charge in [-0.2, -0.15) is 0 Å². The Balaban J connectivity index is 2.07. The first-order chi connectivity index (χ1) is 8.29. The molecule has 0 amide bonds. The Bertz CT molecular complexity index is 436. The highest BCUT2D eigenvalue weighted by Crippen LogP contribution is 2.24. The van der Waals surface area contributed by atoms with Gasteiger partial charge in [-0.3, -0.25) is 0 Å². The summed E-state index contributed by atoms with van der Waals surface area (Å²) in [6.07, 6.45) is 7.61. The van der Waals surface area contributed by atoms with Crippen molar-refractivity contribution in [2.24, 2.45) is 0 Å². The zero-order chi connectivity index (χ0) is 12.1. The molecule has 0 bridgehead atoms. The minimum absolute atomic E-state index is 0.346. The van der Waals surface area contributed by atoms with Crippen LogP contribution in [-0.2, 0) is 6.42 Å². The lowest BCUT2D eigenvalue weighted by Crippen LogP contribution is -2.23. The molecule has 0 fully saturated rings. The fourth-order valence-electron chi connectivity index (χ4n) is 1.78. The Hall–Kier alpha value is -1.13. The number of nitrogens with one attached hydrogen (secondary N) is 1. The molecule has 0 aliphatic heterocycles. The highest BCUT2D eigenvalue weighted by atomic mass is 32.1. The summed E-state index contributed by atoms with van der Waals surface area (Å²) in [6.45, 7) is 5.25. The van der Waals surface area contributed by atoms with Gasteiger partial charge in [-0.05, 0) is 37.9 Å². The van der Waals surface area contributed by atoms with Crippen molar-refractivity contribution in [1.82, 2.24) is 10.3 Å². The lowest BCUT2D eigenvalue weighted by molar-refractivity contribution is 0.526. The lowest BCUT2D eigenvalue weighted by Gasteiger charge is -2.15. The van der Waals surface area contributed by atoms with Crippen LogP contribution in [-0.4, -0.2) is 11.5 Å². The third-order valence-electron chi connectivity index (χ3n) is 2.64. The maximum atomic E-state index is 5.12. The Morgan fingerprint density at radius 2 is 2.41 bits per heavy atom. The molecule has 92 valence electrons. The van der Waals surface area contributed by atoms with Crippen molar-refractivity contribution in [1.29, 1.82) is 0 Å². The van der Waals surface area contributed by atoms with Crippen molar-refractivity contribution in [3.63, 3.8) is 0 Å². The van der Waals surface area contributed by atoms with Gasteiger partial charge in [0.05, 0.1) is 17.5 Å². The predicted molar refractivity (Wildman–Crippen MR) is 70.3 cm³/mol. The molecule has 2 aromatic heterocycles. The lowest BCUT2D eigenvalue weighted by atomic mass is 10.1. The van der Waals surface area contributed by atoms with Crippen molar-refractivity contribution in [3.8, 4) is 0 Å². The quantitative estimate of drug-likeness (QED) is 0.854. The molecule has 0 spiro atoms. The van der Waals surface area contributed by atoms with Gasteiger partial charge in [-0.25, -0.2) is 4.98 Å². The third-order valence-corrected chi connectivity index (χ3v) is 3.67. The van der Waals surface area contributed by atoms with E-state index in [1.807, 2.05) is 25.5 Å². The Labute approximate surface area is 106 Å². The van der Waals surface area contributed by atoms with E-state index in [1.54, 1.807) is 17.6 Å². The van der Waals surface area contributed by atoms with Gasteiger partial charge in [0.15, 0.2) is 0 Å². The maximum absolute atomic E-state index is 5.12. The van der Waals surface area contributed by atoms with Crippen LogP contribution in [0.1, 0.15) is 34.8 Å². The van der Waals surface area contributed by atoms with E-state index in [1.165, 1.54) is 10.4 Å². The molecule has 2 heterocycles. The molecule has 2 aromatic rings. The van der Waals surface area contributed by atoms with Crippen LogP contribution in [0.5, 0.6) is 0 Å². The Morgan fingerprint density at radius 1 is 1.53 bits per heavy atom. The molecule has 1 atom stereocenters. The summed E-state index contributed by atoms with van der Waals surface area (Å²) in [5.41, 5.74) is 1.23. The van der Waals surface area contributed by atoms with Crippen LogP contribution >= 0.6 is 11.3 Å². The van der Waals surface area contributed by atoms with Crippen LogP contribution in [0, 0.1) is 6.92 Å². The zero-order valence-corrected chi connectivity index (χ0v) is 11.1. The minimum Gasteiger partial charge on any atom is -0.472 e. The highest BCUT2D eigenvalue weighted by Gasteiger charge is 2.14. The van der Waals surface area contributed by atoms with Crippen LogP contribution < -0.4 is 5.32 Å². The monoisotopic (exact) mass is 250 g/mol. The molecular formula is C13H18N2OS. The molecule has 0 saturated carbocycles. The number of hydrogen-bond acceptors (Lipinski definition) is 4. The number of furan rings is 1. The molecule has 2 rings (SSSR count). The van der Waals surface area contributed by atoms with E-state index in [2.05, 4.69) is 17.2 Å². The van der Waals surface area contributed by atoms with Crippen molar-refractivity contribution in [3.05, 3.63) is 40.2 Å². The first kappa shape index (κ1) is 12.3. The number of aromatic nitrogens is 1. The molecule has 1 unspecified atom stereocenters. The second-order valence-corrected chi connectivity index (χ2v) is 5.39. The summed E-state index contributed by atoms with van der Waals surface area (Å²) in [5, 5.41) is 4.69. The molecule has 0 radical (unpaired) electrons. The van der Waals surface area contributed by atoms with Crippen molar-refractivity contribution >= 4 is 11.3 Å². The van der Waals surface area contributed by atoms with Crippen LogP contribution in [0.4, 0.5) is 0 Å². The molecule has 1 N–H and O–H groups in total. The standard InChI is InChI=1S/C13H18N2OS/c1-3-5-14-12(7-11-4-6-16-9-11)13-8-15-10(2)17-13/h4,6,8-9,12,14H,3,5,7H2,1-2H3. The Morgan fingerprint density at radius 3 is 3.00 bits per heavy atom. The summed E-state index contributed by atoms with van der Waals surface area (Å²) < 4.78 is 5.12. The zero-order valence-electron chi connectivity index (χ0n) is 10.3. The van der Waals surface area contributed by atoms with Gasteiger partial charge in [0.2, 0.25) is 0 Å². The fourth-order valence-corrected chi connectivity index (χ4v) is 2.64. The molecule has 3 nitrogen and oxygen atoms in total. The summed E-state index contributed by atoms with van der Waals surface area (Å²) >= 11 is 1.76. The average Bonchev–Trinajstić information content (AvgIpc) is 2.95. The topological polar surface area (TPSA) is 38.1 Å². The van der Waals surface area contributed by atoms with Crippen molar-refractivity contribution in [2.45, 2.75) is 32.7 Å². The van der Waals surface area contributed by atoms with E-state index in [4.69, 9.17) is 4.42 Å². The van der Waals surface area contributed by atoms with E-state index < -0.39 is 0 Å². The number of thiazole rings is 1. The molecule has 0 aliphatic rings. The van der Waals surface area contributed by atoms with Crippen LogP contribution in [0.3, 0.4) is 0 Å². The Kier molecular flexibility index (Phi) is 4.34. The fraction of sp³-hybridized carbons (Fsp3) is 0.462. The SMILES string of the molecule is CCCNC(Cc1ccoc1)c1cnc(C)s1. The van der Waals surface area contributed by atoms with Gasteiger partial charge < -0.3 is 9.73 Å². The average molecular weight is 250 g/mol. The van der Waals surface area contributed by atoms with Gasteiger partial charge in [-0.15, -0.1) is 11.3 Å². The number of aryl methyl sites for hydroxylation is 1. The summed E-state index contributed by atoms with van der Waals surface area (Å²) in [4.78, 5) is 5.63. The number of hydrogen-bond donors (Lipinski definition) is 1. The molecule has 4 heteroatoms. The first-order valence-electron chi connectivity index (χ1n) is 5.96. The van der Waals surface area contributed by atoms with Crippen LogP contribution in [0.2, 0.25) is 0 Å². The summed E-state index contributed by atoms with van der Waals surface area (Å²) in [5.74, 6) is 0. The molecular weight excluding hydrogens is 232 g/mol. The smallest absolute Gasteiger partial charge is 0.0935 e. The van der Waals surface area contributed by atoms with Crippen LogP contribution in [0.15, 0.2) is 29.2 Å². The second-order valence-electron chi connectivity index (χ2n) is 4.12. The largest absolute Gasteiger partial charge is 0.472 e. The number of nitrogens with zero attached hydrogens (tertiary/aromatic N) is 1. The maximum Gasteiger partial charge on any atom is 0.0935 e. The van der Waals surface area contributed by atoms with E-state index in [0.717, 1.165) is 24.4 Å². The van der Waals surface area contributed by atoms with Gasteiger partial charge in [0, 0.05) is 17.1 Å². The predicted octanol–water partition coefficient (Wildman–Crippen LogP) is 3.33. The van der Waals surface area contributed by atoms with E-state index in [0.29, 0.717) is 6.04 Å². The summed E-state index contributed by atoms with van der Waals surface area (Å²) in [6, 6.07) is 2.37. The van der Waals surface area contributed by atoms with E-state index >= 15 is 0 Å². The molecule has 17 heavy (non-hydrogen) atoms. The van der Waals surface area contributed by atoms with E-state index in [-0.39, 0.29) is 0 Å². The normalized spacial score (nSPS) is 12.8. The third kappa shape index (κ3) is 3.41. The van der Waals surface area contributed by atoms with Gasteiger partial charge >= 0.3 is 0 Å². The van der Waals surface area contributed by atoms with Crippen LogP contribution in [0.25, 0.3) is 0 Å². The minimum atomic E-state index is 0.346. The molecule has 0 aromatic carbocycles. The van der Waals surface area contributed by atoms with Crippen molar-refractivity contribution < 1.29 is 4.42 Å². The second kappa shape index (κ2) is 5.98. The molecule has 0 aliphatic carbocycles. The highest BCUT2D eigenvalue weighted by molar-refractivity contribution is 7.11. The van der Waals surface area contributed by atoms with Gasteiger partial charge in [-0.1, -0.05) is 6.92 Å². The van der Waals surface area contributed by atoms with Gasteiger partial charge in [0.1, 0.15) is 0 Å². The summed E-state index contributed by atoms with van der Waals surface area (Å²) in [7, 11) is 0. The van der Waals surface area contributed by atoms with Crippen molar-refractivity contribution in [2.75, 3.05) is 6.54 Å². The van der Waals surface area contributed by atoms with E-state index in [9.17, 15) is 0 Å². The van der Waals surface area contributed by atoms with Gasteiger partial charge in [0.25, 0.3) is 0 Å². The first-order valence-corrected chi connectivity index (χ1v) is 6.78.